The smallest absolute Gasteiger partial charge is 0.331 e. The molecule has 0 bridgehead atoms. The molecule has 0 aliphatic rings. The maximum atomic E-state index is 12.2. The lowest BCUT2D eigenvalue weighted by Crippen LogP contribution is -2.44. The minimum absolute atomic E-state index is 0.123. The second kappa shape index (κ2) is 11.1. The summed E-state index contributed by atoms with van der Waals surface area (Å²) >= 11 is 1.26. The average molecular weight is 418 g/mol. The van der Waals surface area contributed by atoms with Gasteiger partial charge >= 0.3 is 5.97 Å². The highest BCUT2D eigenvalue weighted by atomic mass is 32.1. The number of hydrogen-bond acceptors (Lipinski definition) is 7. The Kier molecular flexibility index (Phi) is 8.50. The van der Waals surface area contributed by atoms with E-state index in [1.165, 1.54) is 18.3 Å². The second-order valence-electron chi connectivity index (χ2n) is 6.10. The third kappa shape index (κ3) is 7.13. The first-order chi connectivity index (χ1) is 13.9. The van der Waals surface area contributed by atoms with E-state index in [0.29, 0.717) is 23.4 Å². The first-order valence-electron chi connectivity index (χ1n) is 8.90. The molecular weight excluding hydrogens is 396 g/mol. The van der Waals surface area contributed by atoms with Crippen LogP contribution in [0.1, 0.15) is 31.8 Å². The van der Waals surface area contributed by atoms with Crippen molar-refractivity contribution < 1.29 is 29.0 Å². The van der Waals surface area contributed by atoms with E-state index in [4.69, 9.17) is 4.74 Å². The van der Waals surface area contributed by atoms with Crippen LogP contribution in [0, 0.1) is 0 Å². The molecule has 154 valence electrons. The van der Waals surface area contributed by atoms with Crippen LogP contribution in [0.3, 0.4) is 0 Å². The maximum absolute atomic E-state index is 12.2. The first kappa shape index (κ1) is 22.3. The fourth-order valence-corrected chi connectivity index (χ4v) is 3.27. The van der Waals surface area contributed by atoms with Gasteiger partial charge in [0.25, 0.3) is 5.91 Å². The fraction of sp³-hybridized carbons (Fsp3) is 0.300. The lowest BCUT2D eigenvalue weighted by molar-refractivity contribution is -0.145. The third-order valence-electron chi connectivity index (χ3n) is 3.84. The highest BCUT2D eigenvalue weighted by molar-refractivity contribution is 7.14. The molecule has 1 heterocycles. The SMILES string of the molecule is CC(=O)NCCc1ccc(C(=O)COC(=O)C(CO)NC(=O)c2ccccc2)s1. The van der Waals surface area contributed by atoms with Crippen LogP contribution in [0.25, 0.3) is 0 Å². The molecule has 2 aromatic rings. The molecule has 0 aliphatic heterocycles. The van der Waals surface area contributed by atoms with Gasteiger partial charge in [0.15, 0.2) is 12.6 Å². The number of benzene rings is 1. The zero-order valence-corrected chi connectivity index (χ0v) is 16.7. The van der Waals surface area contributed by atoms with E-state index in [1.54, 1.807) is 42.5 Å². The van der Waals surface area contributed by atoms with Gasteiger partial charge in [0, 0.05) is 23.9 Å². The van der Waals surface area contributed by atoms with E-state index in [1.807, 2.05) is 0 Å². The van der Waals surface area contributed by atoms with Gasteiger partial charge in [0.05, 0.1) is 11.5 Å². The van der Waals surface area contributed by atoms with Crippen molar-refractivity contribution >= 4 is 34.9 Å². The maximum Gasteiger partial charge on any atom is 0.331 e. The second-order valence-corrected chi connectivity index (χ2v) is 7.27. The standard InChI is InChI=1S/C20H22N2O6S/c1-13(24)21-10-9-15-7-8-18(29-15)17(25)12-28-20(27)16(11-23)22-19(26)14-5-3-2-4-6-14/h2-8,16,23H,9-12H2,1H3,(H,21,24)(H,22,26). The van der Waals surface area contributed by atoms with Crippen molar-refractivity contribution in [2.75, 3.05) is 19.8 Å². The number of ether oxygens (including phenoxy) is 1. The number of Topliss-reactive ketones (excluding diaryl/α,β-unsaturated/α-hetero) is 1. The number of aliphatic hydroxyl groups is 1. The molecule has 0 saturated heterocycles. The summed E-state index contributed by atoms with van der Waals surface area (Å²) in [5, 5.41) is 14.4. The van der Waals surface area contributed by atoms with Crippen molar-refractivity contribution in [3.63, 3.8) is 0 Å². The van der Waals surface area contributed by atoms with Crippen LogP contribution in [-0.2, 0) is 20.7 Å². The Morgan fingerprint density at radius 2 is 1.83 bits per heavy atom. The van der Waals surface area contributed by atoms with E-state index < -0.39 is 31.1 Å². The van der Waals surface area contributed by atoms with E-state index in [2.05, 4.69) is 10.6 Å². The topological polar surface area (TPSA) is 122 Å². The van der Waals surface area contributed by atoms with Crippen LogP contribution in [0.5, 0.6) is 0 Å². The molecular formula is C20H22N2O6S. The quantitative estimate of drug-likeness (QED) is 0.390. The summed E-state index contributed by atoms with van der Waals surface area (Å²) < 4.78 is 4.96. The van der Waals surface area contributed by atoms with Crippen LogP contribution < -0.4 is 10.6 Å². The van der Waals surface area contributed by atoms with E-state index >= 15 is 0 Å². The van der Waals surface area contributed by atoms with Crippen molar-refractivity contribution in [1.29, 1.82) is 0 Å². The number of ketones is 1. The number of thiophene rings is 1. The van der Waals surface area contributed by atoms with Gasteiger partial charge < -0.3 is 20.5 Å². The molecule has 0 radical (unpaired) electrons. The zero-order valence-electron chi connectivity index (χ0n) is 15.8. The lowest BCUT2D eigenvalue weighted by atomic mass is 10.2. The molecule has 1 unspecified atom stereocenters. The van der Waals surface area contributed by atoms with Gasteiger partial charge in [-0.1, -0.05) is 18.2 Å². The van der Waals surface area contributed by atoms with E-state index in [-0.39, 0.29) is 11.7 Å². The monoisotopic (exact) mass is 418 g/mol. The molecule has 29 heavy (non-hydrogen) atoms. The first-order valence-corrected chi connectivity index (χ1v) is 9.72. The summed E-state index contributed by atoms with van der Waals surface area (Å²) in [6, 6.07) is 10.4. The minimum Gasteiger partial charge on any atom is -0.456 e. The molecule has 8 nitrogen and oxygen atoms in total. The summed E-state index contributed by atoms with van der Waals surface area (Å²) in [7, 11) is 0. The predicted octanol–water partition coefficient (Wildman–Crippen LogP) is 0.944. The fourth-order valence-electron chi connectivity index (χ4n) is 2.34. The van der Waals surface area contributed by atoms with Crippen molar-refractivity contribution in [1.82, 2.24) is 10.6 Å². The molecule has 0 spiro atoms. The Morgan fingerprint density at radius 3 is 2.48 bits per heavy atom. The minimum atomic E-state index is -1.27. The summed E-state index contributed by atoms with van der Waals surface area (Å²) in [6.07, 6.45) is 0.593. The normalized spacial score (nSPS) is 11.4. The van der Waals surface area contributed by atoms with Gasteiger partial charge in [-0.3, -0.25) is 14.4 Å². The largest absolute Gasteiger partial charge is 0.456 e. The van der Waals surface area contributed by atoms with Gasteiger partial charge in [0.1, 0.15) is 0 Å². The highest BCUT2D eigenvalue weighted by Gasteiger charge is 2.23. The Balaban J connectivity index is 1.83. The molecule has 9 heteroatoms. The summed E-state index contributed by atoms with van der Waals surface area (Å²) in [6.45, 7) is 0.748. The van der Waals surface area contributed by atoms with Crippen LogP contribution in [-0.4, -0.2) is 54.5 Å². The molecule has 0 aliphatic carbocycles. The van der Waals surface area contributed by atoms with E-state index in [9.17, 15) is 24.3 Å². The Hall–Kier alpha value is -3.04. The highest BCUT2D eigenvalue weighted by Crippen LogP contribution is 2.17. The van der Waals surface area contributed by atoms with Gasteiger partial charge in [-0.05, 0) is 30.7 Å². The lowest BCUT2D eigenvalue weighted by Gasteiger charge is -2.15. The summed E-state index contributed by atoms with van der Waals surface area (Å²) in [5.41, 5.74) is 0.334. The zero-order chi connectivity index (χ0) is 21.2. The van der Waals surface area contributed by atoms with Crippen LogP contribution in [0.15, 0.2) is 42.5 Å². The Morgan fingerprint density at radius 1 is 1.10 bits per heavy atom. The number of carbonyl (C=O) groups is 4. The molecule has 2 amide bonds. The Bertz CT molecular complexity index is 865. The number of rotatable bonds is 10. The number of hydrogen-bond donors (Lipinski definition) is 3. The Labute approximate surface area is 171 Å². The van der Waals surface area contributed by atoms with Gasteiger partial charge in [-0.15, -0.1) is 11.3 Å². The molecule has 1 aromatic heterocycles. The molecule has 0 saturated carbocycles. The number of carbonyl (C=O) groups excluding carboxylic acids is 4. The van der Waals surface area contributed by atoms with Crippen molar-refractivity contribution in [2.45, 2.75) is 19.4 Å². The van der Waals surface area contributed by atoms with Crippen LogP contribution in [0.2, 0.25) is 0 Å². The number of nitrogens with one attached hydrogen (secondary N) is 2. The summed E-state index contributed by atoms with van der Waals surface area (Å²) in [4.78, 5) is 48.6. The number of esters is 1. The number of amides is 2. The molecule has 2 rings (SSSR count). The van der Waals surface area contributed by atoms with Gasteiger partial charge in [0.2, 0.25) is 11.7 Å². The van der Waals surface area contributed by atoms with Crippen LogP contribution >= 0.6 is 11.3 Å². The van der Waals surface area contributed by atoms with Crippen LogP contribution in [0.4, 0.5) is 0 Å². The molecule has 1 atom stereocenters. The average Bonchev–Trinajstić information content (AvgIpc) is 3.19. The number of aliphatic hydroxyl groups excluding tert-OH is 1. The predicted molar refractivity (Wildman–Crippen MR) is 107 cm³/mol. The summed E-state index contributed by atoms with van der Waals surface area (Å²) in [5.74, 6) is -1.94. The van der Waals surface area contributed by atoms with Crippen molar-refractivity contribution in [3.8, 4) is 0 Å². The van der Waals surface area contributed by atoms with Gasteiger partial charge in [-0.2, -0.15) is 0 Å². The van der Waals surface area contributed by atoms with Crippen molar-refractivity contribution in [3.05, 3.63) is 57.8 Å². The van der Waals surface area contributed by atoms with Gasteiger partial charge in [-0.25, -0.2) is 4.79 Å². The third-order valence-corrected chi connectivity index (χ3v) is 5.02. The molecule has 3 N–H and O–H groups in total. The van der Waals surface area contributed by atoms with Crippen molar-refractivity contribution in [2.24, 2.45) is 0 Å². The molecule has 0 fully saturated rings. The van der Waals surface area contributed by atoms with E-state index in [0.717, 1.165) is 4.88 Å². The molecule has 1 aromatic carbocycles.